The molecular formula is C11H16BrNO2. The van der Waals surface area contributed by atoms with Gasteiger partial charge in [0.15, 0.2) is 0 Å². The summed E-state index contributed by atoms with van der Waals surface area (Å²) in [7, 11) is 0. The molecule has 4 heteroatoms. The molecule has 0 fully saturated rings. The number of rotatable bonds is 6. The standard InChI is InChI=1S/C11H16BrNO2/c12-10-3-1-9(2-4-10)5-6-13-11(7-14)8-15/h1-4,11,13-15H,5-8H2. The number of hydrogen-bond donors (Lipinski definition) is 3. The van der Waals surface area contributed by atoms with E-state index < -0.39 is 0 Å². The van der Waals surface area contributed by atoms with E-state index in [4.69, 9.17) is 10.2 Å². The maximum atomic E-state index is 8.83. The lowest BCUT2D eigenvalue weighted by molar-refractivity contribution is 0.171. The largest absolute Gasteiger partial charge is 0.395 e. The Hall–Kier alpha value is -0.420. The fraction of sp³-hybridized carbons (Fsp3) is 0.455. The Morgan fingerprint density at radius 1 is 1.13 bits per heavy atom. The van der Waals surface area contributed by atoms with E-state index in [0.717, 1.165) is 17.4 Å². The summed E-state index contributed by atoms with van der Waals surface area (Å²) in [5.74, 6) is 0. The Bertz CT molecular complexity index is 272. The molecule has 3 nitrogen and oxygen atoms in total. The van der Waals surface area contributed by atoms with Gasteiger partial charge in [-0.1, -0.05) is 28.1 Å². The first kappa shape index (κ1) is 12.6. The van der Waals surface area contributed by atoms with E-state index in [0.29, 0.717) is 0 Å². The molecule has 1 aromatic carbocycles. The zero-order valence-corrected chi connectivity index (χ0v) is 10.1. The number of benzene rings is 1. The predicted octanol–water partition coefficient (Wildman–Crippen LogP) is 0.934. The zero-order chi connectivity index (χ0) is 11.1. The minimum atomic E-state index is -0.208. The third-order valence-electron chi connectivity index (χ3n) is 2.20. The molecule has 0 bridgehead atoms. The van der Waals surface area contributed by atoms with Crippen molar-refractivity contribution in [2.45, 2.75) is 12.5 Å². The van der Waals surface area contributed by atoms with E-state index in [1.54, 1.807) is 0 Å². The quantitative estimate of drug-likeness (QED) is 0.723. The van der Waals surface area contributed by atoms with Gasteiger partial charge < -0.3 is 15.5 Å². The summed E-state index contributed by atoms with van der Waals surface area (Å²) in [5, 5.41) is 20.7. The van der Waals surface area contributed by atoms with Crippen LogP contribution in [-0.4, -0.2) is 36.0 Å². The van der Waals surface area contributed by atoms with Crippen molar-refractivity contribution >= 4 is 15.9 Å². The van der Waals surface area contributed by atoms with Crippen LogP contribution in [0.3, 0.4) is 0 Å². The Morgan fingerprint density at radius 2 is 1.73 bits per heavy atom. The van der Waals surface area contributed by atoms with E-state index in [2.05, 4.69) is 33.4 Å². The summed E-state index contributed by atoms with van der Waals surface area (Å²) in [5.41, 5.74) is 1.24. The van der Waals surface area contributed by atoms with Gasteiger partial charge in [0.25, 0.3) is 0 Å². The van der Waals surface area contributed by atoms with Crippen LogP contribution in [0.4, 0.5) is 0 Å². The first-order chi connectivity index (χ1) is 7.26. The lowest BCUT2D eigenvalue weighted by Crippen LogP contribution is -2.36. The fourth-order valence-corrected chi connectivity index (χ4v) is 1.52. The molecular weight excluding hydrogens is 258 g/mol. The number of halogens is 1. The SMILES string of the molecule is OCC(CO)NCCc1ccc(Br)cc1. The normalized spacial score (nSPS) is 10.9. The molecule has 0 heterocycles. The molecule has 0 aliphatic rings. The lowest BCUT2D eigenvalue weighted by atomic mass is 10.1. The van der Waals surface area contributed by atoms with Gasteiger partial charge >= 0.3 is 0 Å². The van der Waals surface area contributed by atoms with E-state index in [1.165, 1.54) is 5.56 Å². The summed E-state index contributed by atoms with van der Waals surface area (Å²) in [6.45, 7) is 0.696. The molecule has 3 N–H and O–H groups in total. The average molecular weight is 274 g/mol. The molecule has 0 aromatic heterocycles. The molecule has 0 radical (unpaired) electrons. The summed E-state index contributed by atoms with van der Waals surface area (Å²) < 4.78 is 1.07. The van der Waals surface area contributed by atoms with Crippen molar-refractivity contribution < 1.29 is 10.2 Å². The Morgan fingerprint density at radius 3 is 2.27 bits per heavy atom. The highest BCUT2D eigenvalue weighted by molar-refractivity contribution is 9.10. The average Bonchev–Trinajstić information content (AvgIpc) is 2.27. The molecule has 0 saturated heterocycles. The molecule has 0 atom stereocenters. The van der Waals surface area contributed by atoms with Crippen LogP contribution in [0, 0.1) is 0 Å². The summed E-state index contributed by atoms with van der Waals surface area (Å²) >= 11 is 3.38. The highest BCUT2D eigenvalue weighted by atomic mass is 79.9. The molecule has 1 aromatic rings. The second-order valence-electron chi connectivity index (χ2n) is 3.39. The summed E-state index contributed by atoms with van der Waals surface area (Å²) in [6.07, 6.45) is 0.893. The molecule has 0 saturated carbocycles. The van der Waals surface area contributed by atoms with Crippen LogP contribution < -0.4 is 5.32 Å². The maximum absolute atomic E-state index is 8.83. The van der Waals surface area contributed by atoms with Crippen LogP contribution in [-0.2, 0) is 6.42 Å². The Balaban J connectivity index is 2.28. The van der Waals surface area contributed by atoms with Crippen molar-refractivity contribution in [3.8, 4) is 0 Å². The van der Waals surface area contributed by atoms with Crippen molar-refractivity contribution in [2.24, 2.45) is 0 Å². The lowest BCUT2D eigenvalue weighted by Gasteiger charge is -2.12. The molecule has 15 heavy (non-hydrogen) atoms. The minimum absolute atomic E-state index is 0.0309. The van der Waals surface area contributed by atoms with Gasteiger partial charge in [-0.2, -0.15) is 0 Å². The van der Waals surface area contributed by atoms with E-state index in [-0.39, 0.29) is 19.3 Å². The van der Waals surface area contributed by atoms with Gasteiger partial charge in [-0.15, -0.1) is 0 Å². The van der Waals surface area contributed by atoms with Crippen molar-refractivity contribution in [3.63, 3.8) is 0 Å². The van der Waals surface area contributed by atoms with Gasteiger partial charge in [0, 0.05) is 4.47 Å². The van der Waals surface area contributed by atoms with E-state index in [9.17, 15) is 0 Å². The van der Waals surface area contributed by atoms with Gasteiger partial charge in [0.05, 0.1) is 19.3 Å². The monoisotopic (exact) mass is 273 g/mol. The molecule has 1 rings (SSSR count). The van der Waals surface area contributed by atoms with Crippen LogP contribution >= 0.6 is 15.9 Å². The smallest absolute Gasteiger partial charge is 0.0607 e. The Labute approximate surface area is 98.3 Å². The first-order valence-electron chi connectivity index (χ1n) is 4.96. The minimum Gasteiger partial charge on any atom is -0.395 e. The van der Waals surface area contributed by atoms with Crippen molar-refractivity contribution in [2.75, 3.05) is 19.8 Å². The number of nitrogens with one attached hydrogen (secondary N) is 1. The van der Waals surface area contributed by atoms with Crippen LogP contribution in [0.2, 0.25) is 0 Å². The van der Waals surface area contributed by atoms with Gasteiger partial charge in [-0.05, 0) is 30.7 Å². The van der Waals surface area contributed by atoms with E-state index >= 15 is 0 Å². The van der Waals surface area contributed by atoms with Gasteiger partial charge in [0.1, 0.15) is 0 Å². The zero-order valence-electron chi connectivity index (χ0n) is 8.49. The number of aliphatic hydroxyl groups is 2. The molecule has 0 aliphatic carbocycles. The third-order valence-corrected chi connectivity index (χ3v) is 2.73. The van der Waals surface area contributed by atoms with Crippen molar-refractivity contribution in [3.05, 3.63) is 34.3 Å². The number of aliphatic hydroxyl groups excluding tert-OH is 2. The van der Waals surface area contributed by atoms with Gasteiger partial charge in [0.2, 0.25) is 0 Å². The predicted molar refractivity (Wildman–Crippen MR) is 63.8 cm³/mol. The first-order valence-corrected chi connectivity index (χ1v) is 5.75. The van der Waals surface area contributed by atoms with Crippen LogP contribution in [0.25, 0.3) is 0 Å². The second kappa shape index (κ2) is 6.95. The highest BCUT2D eigenvalue weighted by Crippen LogP contribution is 2.10. The molecule has 0 aliphatic heterocycles. The Kier molecular flexibility index (Phi) is 5.86. The van der Waals surface area contributed by atoms with Crippen LogP contribution in [0.5, 0.6) is 0 Å². The van der Waals surface area contributed by atoms with Gasteiger partial charge in [-0.25, -0.2) is 0 Å². The summed E-state index contributed by atoms with van der Waals surface area (Å²) in [6, 6.07) is 7.91. The number of hydrogen-bond acceptors (Lipinski definition) is 3. The molecule has 84 valence electrons. The van der Waals surface area contributed by atoms with Crippen molar-refractivity contribution in [1.29, 1.82) is 0 Å². The third kappa shape index (κ3) is 4.75. The van der Waals surface area contributed by atoms with E-state index in [1.807, 2.05) is 12.1 Å². The fourth-order valence-electron chi connectivity index (χ4n) is 1.26. The molecule has 0 amide bonds. The molecule has 0 unspecified atom stereocenters. The second-order valence-corrected chi connectivity index (χ2v) is 4.31. The van der Waals surface area contributed by atoms with Crippen molar-refractivity contribution in [1.82, 2.24) is 5.32 Å². The highest BCUT2D eigenvalue weighted by Gasteiger charge is 2.03. The van der Waals surface area contributed by atoms with Crippen LogP contribution in [0.15, 0.2) is 28.7 Å². The molecule has 0 spiro atoms. The maximum Gasteiger partial charge on any atom is 0.0607 e. The topological polar surface area (TPSA) is 52.5 Å². The van der Waals surface area contributed by atoms with Crippen LogP contribution in [0.1, 0.15) is 5.56 Å². The summed E-state index contributed by atoms with van der Waals surface area (Å²) in [4.78, 5) is 0. The van der Waals surface area contributed by atoms with Gasteiger partial charge in [-0.3, -0.25) is 0 Å².